The van der Waals surface area contributed by atoms with Crippen LogP contribution < -0.4 is 0 Å². The van der Waals surface area contributed by atoms with Crippen molar-refractivity contribution in [1.29, 1.82) is 0 Å². The van der Waals surface area contributed by atoms with Gasteiger partial charge in [-0.05, 0) is 33.9 Å². The lowest BCUT2D eigenvalue weighted by Crippen LogP contribution is -2.18. The Morgan fingerprint density at radius 1 is 1.05 bits per heavy atom. The number of phenolic OH excluding ortho intramolecular Hbond substituents is 1. The molecule has 112 valence electrons. The summed E-state index contributed by atoms with van der Waals surface area (Å²) >= 11 is 0. The van der Waals surface area contributed by atoms with Crippen molar-refractivity contribution in [2.24, 2.45) is 5.92 Å². The zero-order chi connectivity index (χ0) is 15.7. The van der Waals surface area contributed by atoms with Gasteiger partial charge >= 0.3 is 0 Å². The van der Waals surface area contributed by atoms with E-state index in [9.17, 15) is 9.90 Å². The second kappa shape index (κ2) is 5.59. The highest BCUT2D eigenvalue weighted by molar-refractivity contribution is 5.55. The van der Waals surface area contributed by atoms with E-state index in [1.807, 2.05) is 19.1 Å². The van der Waals surface area contributed by atoms with E-state index in [-0.39, 0.29) is 16.7 Å². The van der Waals surface area contributed by atoms with Crippen molar-refractivity contribution in [2.45, 2.75) is 65.7 Å². The third kappa shape index (κ3) is 3.84. The molecule has 2 heteroatoms. The molecule has 0 heterocycles. The summed E-state index contributed by atoms with van der Waals surface area (Å²) in [6, 6.07) is 4.09. The molecular weight excluding hydrogens is 248 g/mol. The van der Waals surface area contributed by atoms with Crippen molar-refractivity contribution in [3.63, 3.8) is 0 Å². The summed E-state index contributed by atoms with van der Waals surface area (Å²) in [6.45, 7) is 14.5. The monoisotopic (exact) mass is 276 g/mol. The molecule has 1 rings (SSSR count). The maximum atomic E-state index is 10.9. The number of rotatable bonds is 3. The van der Waals surface area contributed by atoms with E-state index in [1.54, 1.807) is 0 Å². The molecule has 0 aliphatic rings. The first-order valence-electron chi connectivity index (χ1n) is 7.29. The van der Waals surface area contributed by atoms with Crippen LogP contribution in [0.15, 0.2) is 12.1 Å². The van der Waals surface area contributed by atoms with Crippen LogP contribution in [0.2, 0.25) is 0 Å². The minimum Gasteiger partial charge on any atom is -0.507 e. The van der Waals surface area contributed by atoms with Gasteiger partial charge in [-0.25, -0.2) is 0 Å². The van der Waals surface area contributed by atoms with Crippen LogP contribution in [0.5, 0.6) is 5.75 Å². The smallest absolute Gasteiger partial charge is 0.123 e. The molecule has 20 heavy (non-hydrogen) atoms. The first-order valence-corrected chi connectivity index (χ1v) is 7.29. The molecular formula is C18H28O2. The molecule has 2 nitrogen and oxygen atoms in total. The van der Waals surface area contributed by atoms with Gasteiger partial charge in [0, 0.05) is 5.92 Å². The van der Waals surface area contributed by atoms with Gasteiger partial charge < -0.3 is 9.90 Å². The zero-order valence-corrected chi connectivity index (χ0v) is 13.9. The summed E-state index contributed by atoms with van der Waals surface area (Å²) in [6.07, 6.45) is 1.70. The van der Waals surface area contributed by atoms with E-state index in [4.69, 9.17) is 0 Å². The van der Waals surface area contributed by atoms with Crippen LogP contribution in [0.25, 0.3) is 0 Å². The van der Waals surface area contributed by atoms with Gasteiger partial charge in [-0.15, -0.1) is 0 Å². The zero-order valence-electron chi connectivity index (χ0n) is 13.9. The molecule has 0 aliphatic carbocycles. The van der Waals surface area contributed by atoms with E-state index in [1.165, 1.54) is 0 Å². The standard InChI is InChI=1S/C18H28O2/c1-12(11-19)8-13-9-14(17(2,3)4)16(20)15(10-13)18(5,6)7/h9-12,20H,8H2,1-7H3. The van der Waals surface area contributed by atoms with Gasteiger partial charge in [-0.1, -0.05) is 60.6 Å². The minimum absolute atomic E-state index is 0.000166. The van der Waals surface area contributed by atoms with Crippen LogP contribution in [-0.4, -0.2) is 11.4 Å². The second-order valence-corrected chi connectivity index (χ2v) is 7.86. The fraction of sp³-hybridized carbons (Fsp3) is 0.611. The number of hydrogen-bond acceptors (Lipinski definition) is 2. The number of carbonyl (C=O) groups excluding carboxylic acids is 1. The van der Waals surface area contributed by atoms with Crippen LogP contribution in [0.1, 0.15) is 65.2 Å². The van der Waals surface area contributed by atoms with E-state index in [0.29, 0.717) is 5.75 Å². The lowest BCUT2D eigenvalue weighted by Gasteiger charge is -2.28. The topological polar surface area (TPSA) is 37.3 Å². The molecule has 1 aromatic rings. The molecule has 1 aromatic carbocycles. The van der Waals surface area contributed by atoms with Crippen molar-refractivity contribution < 1.29 is 9.90 Å². The molecule has 0 spiro atoms. The fourth-order valence-corrected chi connectivity index (χ4v) is 2.38. The number of phenols is 1. The average molecular weight is 276 g/mol. The Labute approximate surface area is 123 Å². The summed E-state index contributed by atoms with van der Waals surface area (Å²) < 4.78 is 0. The largest absolute Gasteiger partial charge is 0.507 e. The van der Waals surface area contributed by atoms with Gasteiger partial charge in [0.1, 0.15) is 12.0 Å². The number of benzene rings is 1. The van der Waals surface area contributed by atoms with Gasteiger partial charge in [-0.3, -0.25) is 0 Å². The van der Waals surface area contributed by atoms with Crippen LogP contribution >= 0.6 is 0 Å². The normalized spacial score (nSPS) is 14.2. The first-order chi connectivity index (χ1) is 8.96. The van der Waals surface area contributed by atoms with Crippen molar-refractivity contribution >= 4 is 6.29 Å². The molecule has 0 aliphatic heterocycles. The van der Waals surface area contributed by atoms with Crippen LogP contribution in [-0.2, 0) is 22.0 Å². The Morgan fingerprint density at radius 2 is 1.45 bits per heavy atom. The minimum atomic E-state index is -0.121. The predicted molar refractivity (Wildman–Crippen MR) is 84.4 cm³/mol. The highest BCUT2D eigenvalue weighted by Crippen LogP contribution is 2.40. The van der Waals surface area contributed by atoms with Crippen molar-refractivity contribution in [2.75, 3.05) is 0 Å². The molecule has 1 atom stereocenters. The molecule has 0 saturated heterocycles. The number of hydrogen-bond donors (Lipinski definition) is 1. The van der Waals surface area contributed by atoms with Crippen LogP contribution in [0.3, 0.4) is 0 Å². The summed E-state index contributed by atoms with van der Waals surface area (Å²) in [4.78, 5) is 10.9. The lowest BCUT2D eigenvalue weighted by atomic mass is 9.77. The molecule has 0 bridgehead atoms. The maximum absolute atomic E-state index is 10.9. The Balaban J connectivity index is 3.46. The van der Waals surface area contributed by atoms with E-state index in [2.05, 4.69) is 41.5 Å². The molecule has 0 saturated carbocycles. The van der Waals surface area contributed by atoms with Crippen molar-refractivity contribution in [3.05, 3.63) is 28.8 Å². The number of aromatic hydroxyl groups is 1. The van der Waals surface area contributed by atoms with Crippen LogP contribution in [0.4, 0.5) is 0 Å². The van der Waals surface area contributed by atoms with Gasteiger partial charge in [0.15, 0.2) is 0 Å². The summed E-state index contributed by atoms with van der Waals surface area (Å²) in [5.74, 6) is 0.396. The average Bonchev–Trinajstić information content (AvgIpc) is 2.28. The van der Waals surface area contributed by atoms with E-state index < -0.39 is 0 Å². The Morgan fingerprint density at radius 3 is 1.75 bits per heavy atom. The van der Waals surface area contributed by atoms with E-state index in [0.717, 1.165) is 29.4 Å². The fourth-order valence-electron chi connectivity index (χ4n) is 2.38. The van der Waals surface area contributed by atoms with Gasteiger partial charge in [-0.2, -0.15) is 0 Å². The van der Waals surface area contributed by atoms with Gasteiger partial charge in [0.2, 0.25) is 0 Å². The SMILES string of the molecule is CC(C=O)Cc1cc(C(C)(C)C)c(O)c(C(C)(C)C)c1. The molecule has 0 amide bonds. The third-order valence-electron chi connectivity index (χ3n) is 3.58. The lowest BCUT2D eigenvalue weighted by molar-refractivity contribution is -0.110. The van der Waals surface area contributed by atoms with Crippen molar-refractivity contribution in [3.8, 4) is 5.75 Å². The number of aldehydes is 1. The maximum Gasteiger partial charge on any atom is 0.123 e. The summed E-state index contributed by atoms with van der Waals surface area (Å²) in [5.41, 5.74) is 2.79. The highest BCUT2D eigenvalue weighted by Gasteiger charge is 2.26. The molecule has 0 aromatic heterocycles. The van der Waals surface area contributed by atoms with Crippen LogP contribution in [0, 0.1) is 5.92 Å². The Hall–Kier alpha value is -1.31. The molecule has 1 unspecified atom stereocenters. The first kappa shape index (κ1) is 16.7. The quantitative estimate of drug-likeness (QED) is 0.833. The highest BCUT2D eigenvalue weighted by atomic mass is 16.3. The second-order valence-electron chi connectivity index (χ2n) is 7.86. The predicted octanol–water partition coefficient (Wildman–Crippen LogP) is 4.36. The Bertz CT molecular complexity index is 452. The van der Waals surface area contributed by atoms with E-state index >= 15 is 0 Å². The molecule has 1 N–H and O–H groups in total. The molecule has 0 fully saturated rings. The summed E-state index contributed by atoms with van der Waals surface area (Å²) in [7, 11) is 0. The molecule has 0 radical (unpaired) electrons. The Kier molecular flexibility index (Phi) is 4.68. The summed E-state index contributed by atoms with van der Waals surface area (Å²) in [5, 5.41) is 10.6. The van der Waals surface area contributed by atoms with Gasteiger partial charge in [0.05, 0.1) is 0 Å². The van der Waals surface area contributed by atoms with Crippen molar-refractivity contribution in [1.82, 2.24) is 0 Å². The van der Waals surface area contributed by atoms with Gasteiger partial charge in [0.25, 0.3) is 0 Å². The number of carbonyl (C=O) groups is 1. The third-order valence-corrected chi connectivity index (χ3v) is 3.58.